The molecule has 8 nitrogen and oxygen atoms in total. The van der Waals surface area contributed by atoms with Crippen LogP contribution in [0.15, 0.2) is 51.5 Å². The summed E-state index contributed by atoms with van der Waals surface area (Å²) in [6.45, 7) is 2.18. The first-order chi connectivity index (χ1) is 17.2. The Balaban J connectivity index is 1.92. The summed E-state index contributed by atoms with van der Waals surface area (Å²) in [5.74, 6) is -4.91. The Morgan fingerprint density at radius 2 is 2.06 bits per heavy atom. The van der Waals surface area contributed by atoms with E-state index in [1.165, 1.54) is 18.2 Å². The lowest BCUT2D eigenvalue weighted by Crippen LogP contribution is -2.44. The molecule has 1 heterocycles. The SMILES string of the molecule is CCOc1ccc([C@@H]2C(C#N)=C(SCC(=O)Nc3ccc(Br)cc3F)NC(=O)[C@@H]2C(=O)OC)cc1Cl. The minimum Gasteiger partial charge on any atom is -0.492 e. The van der Waals surface area contributed by atoms with Crippen molar-refractivity contribution in [3.05, 3.63) is 67.9 Å². The van der Waals surface area contributed by atoms with Gasteiger partial charge in [0.1, 0.15) is 17.5 Å². The van der Waals surface area contributed by atoms with Gasteiger partial charge in [-0.15, -0.1) is 0 Å². The van der Waals surface area contributed by atoms with Crippen LogP contribution in [0.3, 0.4) is 0 Å². The summed E-state index contributed by atoms with van der Waals surface area (Å²) >= 11 is 10.3. The number of hydrogen-bond donors (Lipinski definition) is 2. The molecule has 2 aromatic rings. The van der Waals surface area contributed by atoms with E-state index in [9.17, 15) is 24.0 Å². The monoisotopic (exact) mass is 595 g/mol. The molecule has 0 bridgehead atoms. The van der Waals surface area contributed by atoms with Crippen molar-refractivity contribution >= 4 is 62.8 Å². The van der Waals surface area contributed by atoms with Gasteiger partial charge in [0, 0.05) is 10.4 Å². The average Bonchev–Trinajstić information content (AvgIpc) is 2.84. The topological polar surface area (TPSA) is 118 Å². The Bertz CT molecular complexity index is 1280. The number of hydrogen-bond acceptors (Lipinski definition) is 7. The highest BCUT2D eigenvalue weighted by atomic mass is 79.9. The minimum atomic E-state index is -1.35. The maximum Gasteiger partial charge on any atom is 0.319 e. The van der Waals surface area contributed by atoms with Crippen LogP contribution in [0.1, 0.15) is 18.4 Å². The molecular weight excluding hydrogens is 577 g/mol. The van der Waals surface area contributed by atoms with Crippen molar-refractivity contribution in [2.75, 3.05) is 24.8 Å². The highest BCUT2D eigenvalue weighted by molar-refractivity contribution is 9.10. The molecule has 0 fully saturated rings. The first kappa shape index (κ1) is 27.5. The van der Waals surface area contributed by atoms with Gasteiger partial charge in [0.05, 0.1) is 46.9 Å². The lowest BCUT2D eigenvalue weighted by atomic mass is 9.78. The van der Waals surface area contributed by atoms with Gasteiger partial charge in [-0.25, -0.2) is 4.39 Å². The van der Waals surface area contributed by atoms with Crippen LogP contribution in [-0.2, 0) is 19.1 Å². The molecule has 1 aliphatic heterocycles. The third kappa shape index (κ3) is 6.19. The number of anilines is 1. The van der Waals surface area contributed by atoms with Crippen LogP contribution < -0.4 is 15.4 Å². The van der Waals surface area contributed by atoms with E-state index in [1.807, 2.05) is 6.07 Å². The second kappa shape index (κ2) is 12.3. The van der Waals surface area contributed by atoms with Crippen molar-refractivity contribution < 1.29 is 28.2 Å². The first-order valence-corrected chi connectivity index (χ1v) is 12.7. The molecule has 12 heteroatoms. The van der Waals surface area contributed by atoms with Gasteiger partial charge < -0.3 is 20.1 Å². The smallest absolute Gasteiger partial charge is 0.319 e. The Morgan fingerprint density at radius 1 is 1.31 bits per heavy atom. The van der Waals surface area contributed by atoms with E-state index in [-0.39, 0.29) is 27.1 Å². The van der Waals surface area contributed by atoms with E-state index in [4.69, 9.17) is 21.1 Å². The fourth-order valence-corrected chi connectivity index (χ4v) is 5.00. The highest BCUT2D eigenvalue weighted by Gasteiger charge is 2.44. The van der Waals surface area contributed by atoms with Gasteiger partial charge >= 0.3 is 5.97 Å². The maximum atomic E-state index is 14.0. The minimum absolute atomic E-state index is 0.0152. The maximum absolute atomic E-state index is 14.0. The number of ether oxygens (including phenoxy) is 2. The molecule has 0 saturated heterocycles. The summed E-state index contributed by atoms with van der Waals surface area (Å²) in [6.07, 6.45) is 0. The number of nitriles is 1. The summed E-state index contributed by atoms with van der Waals surface area (Å²) < 4.78 is 24.8. The molecule has 36 heavy (non-hydrogen) atoms. The zero-order valence-corrected chi connectivity index (χ0v) is 22.2. The summed E-state index contributed by atoms with van der Waals surface area (Å²) in [5.41, 5.74) is 0.459. The van der Waals surface area contributed by atoms with E-state index < -0.39 is 35.4 Å². The molecular formula is C24H20BrClFN3O5S. The van der Waals surface area contributed by atoms with Gasteiger partial charge in [-0.3, -0.25) is 14.4 Å². The van der Waals surface area contributed by atoms with Crippen LogP contribution in [0.5, 0.6) is 5.75 Å². The second-order valence-electron chi connectivity index (χ2n) is 7.41. The van der Waals surface area contributed by atoms with Crippen molar-refractivity contribution in [1.82, 2.24) is 5.32 Å². The molecule has 2 aromatic carbocycles. The zero-order chi connectivity index (χ0) is 26.4. The number of halogens is 3. The molecule has 0 aromatic heterocycles. The molecule has 0 unspecified atom stereocenters. The third-order valence-corrected chi connectivity index (χ3v) is 6.96. The van der Waals surface area contributed by atoms with Gasteiger partial charge in [0.25, 0.3) is 0 Å². The number of thioether (sulfide) groups is 1. The average molecular weight is 597 g/mol. The number of benzene rings is 2. The quantitative estimate of drug-likeness (QED) is 0.334. The van der Waals surface area contributed by atoms with Gasteiger partial charge in [-0.2, -0.15) is 5.26 Å². The summed E-state index contributed by atoms with van der Waals surface area (Å²) in [4.78, 5) is 37.9. The van der Waals surface area contributed by atoms with Crippen molar-refractivity contribution in [3.63, 3.8) is 0 Å². The number of rotatable bonds is 8. The summed E-state index contributed by atoms with van der Waals surface area (Å²) in [7, 11) is 1.14. The first-order valence-electron chi connectivity index (χ1n) is 10.5. The number of carbonyl (C=O) groups excluding carboxylic acids is 3. The van der Waals surface area contributed by atoms with E-state index >= 15 is 0 Å². The third-order valence-electron chi connectivity index (χ3n) is 5.15. The largest absolute Gasteiger partial charge is 0.492 e. The van der Waals surface area contributed by atoms with Crippen LogP contribution in [0, 0.1) is 23.1 Å². The Labute approximate surface area is 224 Å². The van der Waals surface area contributed by atoms with Crippen molar-refractivity contribution in [3.8, 4) is 11.8 Å². The van der Waals surface area contributed by atoms with Gasteiger partial charge in [0.15, 0.2) is 0 Å². The van der Waals surface area contributed by atoms with E-state index in [0.717, 1.165) is 18.9 Å². The lowest BCUT2D eigenvalue weighted by Gasteiger charge is -2.31. The Kier molecular flexibility index (Phi) is 9.37. The van der Waals surface area contributed by atoms with Gasteiger partial charge in [-0.05, 0) is 42.8 Å². The molecule has 0 spiro atoms. The standard InChI is InChI=1S/C24H20BrClFN3O5S/c1-3-35-18-7-4-12(8-15(18)26)20-14(10-28)23(30-22(32)21(20)24(33)34-2)36-11-19(31)29-17-6-5-13(25)9-16(17)27/h4-9,20-21H,3,11H2,1-2H3,(H,29,31)(H,30,32)/t20-,21-/m1/s1. The highest BCUT2D eigenvalue weighted by Crippen LogP contribution is 2.42. The zero-order valence-electron chi connectivity index (χ0n) is 19.1. The number of allylic oxidation sites excluding steroid dienone is 1. The predicted molar refractivity (Wildman–Crippen MR) is 137 cm³/mol. The van der Waals surface area contributed by atoms with E-state index in [2.05, 4.69) is 26.6 Å². The number of carbonyl (C=O) groups is 3. The van der Waals surface area contributed by atoms with Crippen LogP contribution >= 0.6 is 39.3 Å². The fourth-order valence-electron chi connectivity index (χ4n) is 3.58. The normalized spacial score (nSPS) is 17.2. The van der Waals surface area contributed by atoms with Crippen LogP contribution in [0.2, 0.25) is 5.02 Å². The lowest BCUT2D eigenvalue weighted by molar-refractivity contribution is -0.150. The molecule has 1 aliphatic rings. The Morgan fingerprint density at radius 3 is 2.67 bits per heavy atom. The van der Waals surface area contributed by atoms with Gasteiger partial charge in [0.2, 0.25) is 11.8 Å². The van der Waals surface area contributed by atoms with Crippen molar-refractivity contribution in [1.29, 1.82) is 5.26 Å². The molecule has 0 saturated carbocycles. The molecule has 188 valence electrons. The van der Waals surface area contributed by atoms with Crippen LogP contribution in [0.4, 0.5) is 10.1 Å². The summed E-state index contributed by atoms with van der Waals surface area (Å²) in [5, 5.41) is 15.3. The number of nitrogens with zero attached hydrogens (tertiary/aromatic N) is 1. The van der Waals surface area contributed by atoms with Crippen LogP contribution in [-0.4, -0.2) is 37.3 Å². The van der Waals surface area contributed by atoms with E-state index in [1.54, 1.807) is 25.1 Å². The number of nitrogens with one attached hydrogen (secondary N) is 2. The van der Waals surface area contributed by atoms with Crippen molar-refractivity contribution in [2.45, 2.75) is 12.8 Å². The fraction of sp³-hybridized carbons (Fsp3) is 0.250. The Hall–Kier alpha value is -3.07. The molecule has 2 N–H and O–H groups in total. The van der Waals surface area contributed by atoms with E-state index in [0.29, 0.717) is 22.4 Å². The molecule has 3 rings (SSSR count). The number of methoxy groups -OCH3 is 1. The molecule has 0 aliphatic carbocycles. The molecule has 2 amide bonds. The number of amides is 2. The number of esters is 1. The molecule has 2 atom stereocenters. The second-order valence-corrected chi connectivity index (χ2v) is 9.71. The predicted octanol–water partition coefficient (Wildman–Crippen LogP) is 4.75. The van der Waals surface area contributed by atoms with Crippen LogP contribution in [0.25, 0.3) is 0 Å². The molecule has 0 radical (unpaired) electrons. The summed E-state index contributed by atoms with van der Waals surface area (Å²) in [6, 6.07) is 10.9. The van der Waals surface area contributed by atoms with Crippen molar-refractivity contribution in [2.24, 2.45) is 5.92 Å². The van der Waals surface area contributed by atoms with Gasteiger partial charge in [-0.1, -0.05) is 45.4 Å².